The summed E-state index contributed by atoms with van der Waals surface area (Å²) >= 11 is 0. The van der Waals surface area contributed by atoms with E-state index in [4.69, 9.17) is 10.5 Å². The topological polar surface area (TPSA) is 38.5 Å². The maximum absolute atomic E-state index is 6.26. The number of piperidine rings is 1. The Bertz CT molecular complexity index is 314. The summed E-state index contributed by atoms with van der Waals surface area (Å²) in [5, 5.41) is 0. The van der Waals surface area contributed by atoms with Crippen LogP contribution in [0.4, 0.5) is 0 Å². The minimum atomic E-state index is 0.248. The fourth-order valence-corrected chi connectivity index (χ4v) is 4.41. The summed E-state index contributed by atoms with van der Waals surface area (Å²) in [5.41, 5.74) is 6.95. The van der Waals surface area contributed by atoms with Crippen molar-refractivity contribution in [2.75, 3.05) is 26.2 Å². The molecule has 2 fully saturated rings. The molecule has 21 heavy (non-hydrogen) atoms. The minimum absolute atomic E-state index is 0.248. The van der Waals surface area contributed by atoms with E-state index < -0.39 is 0 Å². The van der Waals surface area contributed by atoms with Gasteiger partial charge in [0.05, 0.1) is 6.10 Å². The summed E-state index contributed by atoms with van der Waals surface area (Å²) in [4.78, 5) is 2.68. The normalized spacial score (nSPS) is 35.9. The van der Waals surface area contributed by atoms with Crippen LogP contribution >= 0.6 is 0 Å². The van der Waals surface area contributed by atoms with Gasteiger partial charge in [0.2, 0.25) is 0 Å². The molecule has 1 aliphatic heterocycles. The summed E-state index contributed by atoms with van der Waals surface area (Å²) in [6, 6.07) is 0. The molecule has 2 N–H and O–H groups in total. The van der Waals surface area contributed by atoms with E-state index in [1.165, 1.54) is 45.1 Å². The lowest BCUT2D eigenvalue weighted by Gasteiger charge is -2.51. The molecule has 0 aromatic rings. The fourth-order valence-electron chi connectivity index (χ4n) is 4.41. The van der Waals surface area contributed by atoms with E-state index in [2.05, 4.69) is 32.6 Å². The van der Waals surface area contributed by atoms with Crippen molar-refractivity contribution in [2.24, 2.45) is 17.1 Å². The van der Waals surface area contributed by atoms with Crippen molar-refractivity contribution in [2.45, 2.75) is 77.9 Å². The predicted molar refractivity (Wildman–Crippen MR) is 89.4 cm³/mol. The average molecular weight is 296 g/mol. The van der Waals surface area contributed by atoms with Crippen LogP contribution in [0.3, 0.4) is 0 Å². The van der Waals surface area contributed by atoms with Crippen LogP contribution in [-0.4, -0.2) is 42.8 Å². The molecule has 124 valence electrons. The number of nitrogens with two attached hydrogens (primary N) is 1. The van der Waals surface area contributed by atoms with Crippen molar-refractivity contribution >= 4 is 0 Å². The van der Waals surface area contributed by atoms with Gasteiger partial charge in [-0.3, -0.25) is 4.90 Å². The molecule has 1 saturated heterocycles. The highest BCUT2D eigenvalue weighted by atomic mass is 16.5. The average Bonchev–Trinajstić information content (AvgIpc) is 2.47. The second kappa shape index (κ2) is 6.97. The van der Waals surface area contributed by atoms with E-state index in [1.807, 2.05) is 0 Å². The second-order valence-corrected chi connectivity index (χ2v) is 8.23. The quantitative estimate of drug-likeness (QED) is 0.864. The Labute approximate surface area is 131 Å². The van der Waals surface area contributed by atoms with E-state index in [1.54, 1.807) is 0 Å². The van der Waals surface area contributed by atoms with Crippen LogP contribution in [0.15, 0.2) is 0 Å². The van der Waals surface area contributed by atoms with E-state index in [-0.39, 0.29) is 5.54 Å². The number of hydrogen-bond donors (Lipinski definition) is 1. The Hall–Kier alpha value is -0.120. The van der Waals surface area contributed by atoms with Gasteiger partial charge in [-0.25, -0.2) is 0 Å². The molecule has 3 nitrogen and oxygen atoms in total. The van der Waals surface area contributed by atoms with E-state index in [0.29, 0.717) is 11.5 Å². The van der Waals surface area contributed by atoms with Crippen LogP contribution in [0.2, 0.25) is 0 Å². The van der Waals surface area contributed by atoms with Crippen LogP contribution in [0, 0.1) is 11.3 Å². The van der Waals surface area contributed by atoms with Gasteiger partial charge in [-0.1, -0.05) is 20.8 Å². The largest absolute Gasteiger partial charge is 0.377 e. The van der Waals surface area contributed by atoms with Gasteiger partial charge in [-0.2, -0.15) is 0 Å². The first kappa shape index (κ1) is 17.2. The predicted octanol–water partition coefficient (Wildman–Crippen LogP) is 3.42. The lowest BCUT2D eigenvalue weighted by Crippen LogP contribution is -2.59. The number of rotatable bonds is 4. The Kier molecular flexibility index (Phi) is 5.72. The highest BCUT2D eigenvalue weighted by molar-refractivity contribution is 4.99. The van der Waals surface area contributed by atoms with Crippen molar-refractivity contribution in [1.82, 2.24) is 4.90 Å². The van der Waals surface area contributed by atoms with E-state index >= 15 is 0 Å². The van der Waals surface area contributed by atoms with Crippen LogP contribution in [0.25, 0.3) is 0 Å². The van der Waals surface area contributed by atoms with Crippen molar-refractivity contribution in [3.8, 4) is 0 Å². The van der Waals surface area contributed by atoms with Gasteiger partial charge >= 0.3 is 0 Å². The van der Waals surface area contributed by atoms with Gasteiger partial charge in [0.25, 0.3) is 0 Å². The molecule has 0 aromatic carbocycles. The molecule has 0 spiro atoms. The molecule has 1 aliphatic carbocycles. The zero-order chi connectivity index (χ0) is 15.5. The highest BCUT2D eigenvalue weighted by Gasteiger charge is 2.43. The summed E-state index contributed by atoms with van der Waals surface area (Å²) in [6.45, 7) is 13.2. The molecule has 0 amide bonds. The van der Waals surface area contributed by atoms with Gasteiger partial charge < -0.3 is 10.5 Å². The van der Waals surface area contributed by atoms with Crippen LogP contribution in [0.5, 0.6) is 0 Å². The Morgan fingerprint density at radius 2 is 1.86 bits per heavy atom. The van der Waals surface area contributed by atoms with Crippen molar-refractivity contribution in [1.29, 1.82) is 0 Å². The van der Waals surface area contributed by atoms with Gasteiger partial charge in [0.15, 0.2) is 0 Å². The molecular formula is C18H36N2O. The molecule has 1 heterocycles. The highest BCUT2D eigenvalue weighted by Crippen LogP contribution is 2.44. The van der Waals surface area contributed by atoms with Gasteiger partial charge in [-0.15, -0.1) is 0 Å². The number of hydrogen-bond acceptors (Lipinski definition) is 3. The second-order valence-electron chi connectivity index (χ2n) is 8.23. The molecule has 0 bridgehead atoms. The molecule has 0 radical (unpaired) electrons. The Morgan fingerprint density at radius 1 is 1.19 bits per heavy atom. The lowest BCUT2D eigenvalue weighted by atomic mass is 9.66. The van der Waals surface area contributed by atoms with Gasteiger partial charge in [0, 0.05) is 25.2 Å². The van der Waals surface area contributed by atoms with Crippen LogP contribution in [-0.2, 0) is 4.74 Å². The third kappa shape index (κ3) is 4.00. The molecule has 2 aliphatic rings. The zero-order valence-electron chi connectivity index (χ0n) is 14.7. The minimum Gasteiger partial charge on any atom is -0.377 e. The monoisotopic (exact) mass is 296 g/mol. The Balaban J connectivity index is 1.99. The SMILES string of the molecule is CCOC1CCCN(C2(CN)CCC(C(C)(C)C)CC2)C1. The standard InChI is InChI=1S/C18H36N2O/c1-5-21-16-7-6-12-20(13-16)18(14-19)10-8-15(9-11-18)17(2,3)4/h15-16H,5-14,19H2,1-4H3. The first-order chi connectivity index (χ1) is 9.91. The van der Waals surface area contributed by atoms with E-state index in [9.17, 15) is 0 Å². The number of ether oxygens (including phenoxy) is 1. The molecular weight excluding hydrogens is 260 g/mol. The third-order valence-corrected chi connectivity index (χ3v) is 5.97. The summed E-state index contributed by atoms with van der Waals surface area (Å²) in [6.07, 6.45) is 8.10. The lowest BCUT2D eigenvalue weighted by molar-refractivity contribution is -0.0526. The van der Waals surface area contributed by atoms with Crippen molar-refractivity contribution in [3.63, 3.8) is 0 Å². The first-order valence-electron chi connectivity index (χ1n) is 8.98. The smallest absolute Gasteiger partial charge is 0.0702 e. The first-order valence-corrected chi connectivity index (χ1v) is 8.98. The molecule has 2 rings (SSSR count). The number of nitrogens with zero attached hydrogens (tertiary/aromatic N) is 1. The van der Waals surface area contributed by atoms with Gasteiger partial charge in [-0.05, 0) is 63.3 Å². The Morgan fingerprint density at radius 3 is 2.38 bits per heavy atom. The molecule has 3 heteroatoms. The third-order valence-electron chi connectivity index (χ3n) is 5.97. The van der Waals surface area contributed by atoms with Crippen LogP contribution < -0.4 is 5.73 Å². The number of likely N-dealkylation sites (tertiary alicyclic amines) is 1. The molecule has 1 atom stereocenters. The summed E-state index contributed by atoms with van der Waals surface area (Å²) in [5.74, 6) is 0.852. The zero-order valence-corrected chi connectivity index (χ0v) is 14.7. The molecule has 1 saturated carbocycles. The maximum atomic E-state index is 6.26. The van der Waals surface area contributed by atoms with E-state index in [0.717, 1.165) is 25.6 Å². The fraction of sp³-hybridized carbons (Fsp3) is 1.00. The van der Waals surface area contributed by atoms with Crippen molar-refractivity contribution in [3.05, 3.63) is 0 Å². The van der Waals surface area contributed by atoms with Gasteiger partial charge in [0.1, 0.15) is 0 Å². The summed E-state index contributed by atoms with van der Waals surface area (Å²) in [7, 11) is 0. The van der Waals surface area contributed by atoms with Crippen LogP contribution in [0.1, 0.15) is 66.2 Å². The maximum Gasteiger partial charge on any atom is 0.0702 e. The molecule has 1 unspecified atom stereocenters. The van der Waals surface area contributed by atoms with Crippen molar-refractivity contribution < 1.29 is 4.74 Å². The molecule has 0 aromatic heterocycles. The summed E-state index contributed by atoms with van der Waals surface area (Å²) < 4.78 is 5.89.